The predicted octanol–water partition coefficient (Wildman–Crippen LogP) is 3.91. The van der Waals surface area contributed by atoms with E-state index in [0.717, 1.165) is 24.8 Å². The highest BCUT2D eigenvalue weighted by molar-refractivity contribution is 6.42. The van der Waals surface area contributed by atoms with Crippen molar-refractivity contribution in [2.75, 3.05) is 14.1 Å². The Labute approximate surface area is 160 Å². The fourth-order valence-corrected chi connectivity index (χ4v) is 3.45. The molecule has 0 aromatic heterocycles. The minimum absolute atomic E-state index is 0.0944. The van der Waals surface area contributed by atoms with Gasteiger partial charge < -0.3 is 15.5 Å². The highest BCUT2D eigenvalue weighted by Crippen LogP contribution is 2.23. The number of hydrogen-bond acceptors (Lipinski definition) is 2. The zero-order valence-corrected chi connectivity index (χ0v) is 16.4. The van der Waals surface area contributed by atoms with Crippen molar-refractivity contribution < 1.29 is 4.79 Å². The number of amides is 2. The normalized spacial score (nSPS) is 21.0. The molecule has 0 bridgehead atoms. The quantitative estimate of drug-likeness (QED) is 0.779. The summed E-state index contributed by atoms with van der Waals surface area (Å²) in [6, 6.07) is 5.45. The minimum atomic E-state index is -0.263. The molecule has 1 fully saturated rings. The molecule has 1 aliphatic rings. The molecule has 1 aliphatic carbocycles. The van der Waals surface area contributed by atoms with Gasteiger partial charge in [0.05, 0.1) is 16.1 Å². The molecule has 2 rings (SSSR count). The first kappa shape index (κ1) is 19.9. The third-order valence-electron chi connectivity index (χ3n) is 4.61. The summed E-state index contributed by atoms with van der Waals surface area (Å²) in [4.78, 5) is 14.3. The van der Waals surface area contributed by atoms with Crippen molar-refractivity contribution in [3.63, 3.8) is 0 Å². The number of halogens is 2. The first-order chi connectivity index (χ1) is 11.9. The zero-order chi connectivity index (χ0) is 18.4. The van der Waals surface area contributed by atoms with Gasteiger partial charge in [0.1, 0.15) is 0 Å². The fourth-order valence-electron chi connectivity index (χ4n) is 3.15. The number of benzene rings is 1. The van der Waals surface area contributed by atoms with Gasteiger partial charge in [-0.05, 0) is 45.0 Å². The number of nitrogens with one attached hydrogen (secondary N) is 2. The van der Waals surface area contributed by atoms with Gasteiger partial charge in [-0.1, -0.05) is 47.9 Å². The van der Waals surface area contributed by atoms with Crippen molar-refractivity contribution in [2.24, 2.45) is 0 Å². The van der Waals surface area contributed by atoms with E-state index in [1.807, 2.05) is 21.0 Å². The van der Waals surface area contributed by atoms with Crippen molar-refractivity contribution in [2.45, 2.75) is 50.7 Å². The van der Waals surface area contributed by atoms with Gasteiger partial charge in [-0.3, -0.25) is 0 Å². The number of carbonyl (C=O) groups excluding carboxylic acids is 1. The zero-order valence-electron chi connectivity index (χ0n) is 14.9. The van der Waals surface area contributed by atoms with Gasteiger partial charge in [0.15, 0.2) is 0 Å². The van der Waals surface area contributed by atoms with Gasteiger partial charge in [-0.2, -0.15) is 0 Å². The van der Waals surface area contributed by atoms with E-state index in [4.69, 9.17) is 23.2 Å². The average molecular weight is 382 g/mol. The number of urea groups is 1. The summed E-state index contributed by atoms with van der Waals surface area (Å²) in [5, 5.41) is 7.25. The molecule has 4 nitrogen and oxygen atoms in total. The Morgan fingerprint density at radius 3 is 2.68 bits per heavy atom. The van der Waals surface area contributed by atoms with Crippen LogP contribution in [0.1, 0.15) is 38.2 Å². The Morgan fingerprint density at radius 2 is 2.00 bits per heavy atom. The molecule has 2 amide bonds. The largest absolute Gasteiger partial charge is 0.325 e. The van der Waals surface area contributed by atoms with Crippen LogP contribution in [0.15, 0.2) is 18.2 Å². The van der Waals surface area contributed by atoms with E-state index < -0.39 is 0 Å². The average Bonchev–Trinajstić information content (AvgIpc) is 2.62. The Balaban J connectivity index is 1.95. The molecule has 1 aromatic rings. The molecule has 0 saturated heterocycles. The number of nitrogens with zero attached hydrogens (tertiary/aromatic N) is 1. The molecule has 25 heavy (non-hydrogen) atoms. The van der Waals surface area contributed by atoms with Crippen LogP contribution in [-0.4, -0.2) is 43.2 Å². The predicted molar refractivity (Wildman–Crippen MR) is 104 cm³/mol. The maximum absolute atomic E-state index is 12.5. The lowest BCUT2D eigenvalue weighted by molar-refractivity contribution is 0.153. The second-order valence-electron chi connectivity index (χ2n) is 6.43. The lowest BCUT2D eigenvalue weighted by Gasteiger charge is -2.38. The molecule has 6 heteroatoms. The highest BCUT2D eigenvalue weighted by atomic mass is 35.5. The molecule has 0 aliphatic heterocycles. The van der Waals surface area contributed by atoms with Crippen molar-refractivity contribution in [3.05, 3.63) is 33.8 Å². The summed E-state index contributed by atoms with van der Waals surface area (Å²) in [6.07, 6.45) is 4.50. The topological polar surface area (TPSA) is 44.4 Å². The summed E-state index contributed by atoms with van der Waals surface area (Å²) in [5.41, 5.74) is 0.770. The van der Waals surface area contributed by atoms with Crippen molar-refractivity contribution in [1.82, 2.24) is 15.5 Å². The SMILES string of the molecule is CN[C@@H]1CCCC[C@H]1N(C)C(=O)NC(C)C#Cc1ccc(Cl)c(Cl)c1. The lowest BCUT2D eigenvalue weighted by Crippen LogP contribution is -2.54. The molecule has 1 unspecified atom stereocenters. The fraction of sp³-hybridized carbons (Fsp3) is 0.526. The van der Waals surface area contributed by atoms with Gasteiger partial charge >= 0.3 is 6.03 Å². The monoisotopic (exact) mass is 381 g/mol. The van der Waals surface area contributed by atoms with Crippen molar-refractivity contribution in [3.8, 4) is 11.8 Å². The molecule has 2 N–H and O–H groups in total. The Kier molecular flexibility index (Phi) is 7.43. The van der Waals surface area contributed by atoms with Gasteiger partial charge in [-0.25, -0.2) is 4.79 Å². The minimum Gasteiger partial charge on any atom is -0.325 e. The Morgan fingerprint density at radius 1 is 1.28 bits per heavy atom. The highest BCUT2D eigenvalue weighted by Gasteiger charge is 2.29. The molecule has 0 heterocycles. The number of carbonyl (C=O) groups is 1. The van der Waals surface area contributed by atoms with Crippen LogP contribution in [-0.2, 0) is 0 Å². The number of rotatable bonds is 3. The van der Waals surface area contributed by atoms with E-state index in [1.165, 1.54) is 6.42 Å². The Bertz CT molecular complexity index is 668. The van der Waals surface area contributed by atoms with Gasteiger partial charge in [0.25, 0.3) is 0 Å². The van der Waals surface area contributed by atoms with Gasteiger partial charge in [0, 0.05) is 24.7 Å². The van der Waals surface area contributed by atoms with Gasteiger partial charge in [-0.15, -0.1) is 0 Å². The second kappa shape index (κ2) is 9.33. The molecule has 136 valence electrons. The summed E-state index contributed by atoms with van der Waals surface area (Å²) in [6.45, 7) is 1.87. The molecule has 0 radical (unpaired) electrons. The Hall–Kier alpha value is -1.41. The molecule has 0 spiro atoms. The van der Waals surface area contributed by atoms with E-state index in [0.29, 0.717) is 16.1 Å². The summed E-state index contributed by atoms with van der Waals surface area (Å²) < 4.78 is 0. The van der Waals surface area contributed by atoms with Crippen LogP contribution < -0.4 is 10.6 Å². The number of likely N-dealkylation sites (N-methyl/N-ethyl adjacent to an activating group) is 2. The van der Waals surface area contributed by atoms with Crippen LogP contribution in [0.2, 0.25) is 10.0 Å². The lowest BCUT2D eigenvalue weighted by atomic mass is 9.89. The van der Waals surface area contributed by atoms with E-state index >= 15 is 0 Å². The van der Waals surface area contributed by atoms with E-state index in [2.05, 4.69) is 22.5 Å². The summed E-state index contributed by atoms with van der Waals surface area (Å²) in [5.74, 6) is 6.05. The molecular weight excluding hydrogens is 357 g/mol. The van der Waals surface area contributed by atoms with E-state index in [9.17, 15) is 4.79 Å². The van der Waals surface area contributed by atoms with Gasteiger partial charge in [0.2, 0.25) is 0 Å². The van der Waals surface area contributed by atoms with Crippen molar-refractivity contribution >= 4 is 29.2 Å². The van der Waals surface area contributed by atoms with E-state index in [1.54, 1.807) is 23.1 Å². The maximum Gasteiger partial charge on any atom is 0.318 e. The molecule has 3 atom stereocenters. The first-order valence-electron chi connectivity index (χ1n) is 8.59. The van der Waals surface area contributed by atoms with Crippen LogP contribution in [0.3, 0.4) is 0 Å². The summed E-state index contributed by atoms with van der Waals surface area (Å²) in [7, 11) is 3.81. The first-order valence-corrected chi connectivity index (χ1v) is 9.35. The van der Waals surface area contributed by atoms with Crippen LogP contribution in [0.25, 0.3) is 0 Å². The maximum atomic E-state index is 12.5. The number of hydrogen-bond donors (Lipinski definition) is 2. The second-order valence-corrected chi connectivity index (χ2v) is 7.24. The molecule has 1 saturated carbocycles. The third-order valence-corrected chi connectivity index (χ3v) is 5.35. The van der Waals surface area contributed by atoms with Crippen LogP contribution >= 0.6 is 23.2 Å². The van der Waals surface area contributed by atoms with Crippen molar-refractivity contribution in [1.29, 1.82) is 0 Å². The van der Waals surface area contributed by atoms with Crippen LogP contribution in [0.4, 0.5) is 4.79 Å². The third kappa shape index (κ3) is 5.54. The van der Waals surface area contributed by atoms with Crippen LogP contribution in [0, 0.1) is 11.8 Å². The standard InChI is InChI=1S/C19H25Cl2N3O/c1-13(8-9-14-10-11-15(20)16(21)12-14)23-19(25)24(3)18-7-5-4-6-17(18)22-2/h10-13,17-18,22H,4-7H2,1-3H3,(H,23,25)/t13?,17-,18-/m1/s1. The van der Waals surface area contributed by atoms with E-state index in [-0.39, 0.29) is 18.1 Å². The summed E-state index contributed by atoms with van der Waals surface area (Å²) >= 11 is 11.9. The molecular formula is C19H25Cl2N3O. The van der Waals surface area contributed by atoms with Crippen LogP contribution in [0.5, 0.6) is 0 Å². The smallest absolute Gasteiger partial charge is 0.318 e. The molecule has 1 aromatic carbocycles.